The van der Waals surface area contributed by atoms with Crippen LogP contribution >= 0.6 is 0 Å². The minimum Gasteiger partial charge on any atom is -0.378 e. The first-order chi connectivity index (χ1) is 10.6. The van der Waals surface area contributed by atoms with Crippen LogP contribution in [0.4, 0.5) is 5.69 Å². The van der Waals surface area contributed by atoms with Crippen LogP contribution in [0.1, 0.15) is 0 Å². The molecular weight excluding hydrogens is 268 g/mol. The maximum Gasteiger partial charge on any atom is 0.176 e. The van der Waals surface area contributed by atoms with Crippen molar-refractivity contribution in [3.8, 4) is 0 Å². The number of benzene rings is 3. The van der Waals surface area contributed by atoms with Crippen LogP contribution < -0.4 is 9.47 Å². The molecule has 0 aliphatic heterocycles. The Hall–Kier alpha value is -2.61. The lowest BCUT2D eigenvalue weighted by Gasteiger charge is -2.14. The first kappa shape index (κ1) is 13.1. The van der Waals surface area contributed by atoms with Crippen molar-refractivity contribution in [2.75, 3.05) is 19.0 Å². The summed E-state index contributed by atoms with van der Waals surface area (Å²) in [7, 11) is 6.22. The van der Waals surface area contributed by atoms with Gasteiger partial charge in [0.05, 0.1) is 0 Å². The van der Waals surface area contributed by atoms with Gasteiger partial charge in [-0.15, -0.1) is 0 Å². The molecule has 0 atom stereocenters. The largest absolute Gasteiger partial charge is 0.378 e. The van der Waals surface area contributed by atoms with Crippen LogP contribution in [0.3, 0.4) is 0 Å². The summed E-state index contributed by atoms with van der Waals surface area (Å²) in [4.78, 5) is 2.14. The van der Waals surface area contributed by atoms with E-state index in [1.165, 1.54) is 38.0 Å². The number of hydrogen-bond donors (Lipinski definition) is 0. The van der Waals surface area contributed by atoms with Crippen molar-refractivity contribution in [2.45, 2.75) is 0 Å². The Bertz CT molecular complexity index is 1020. The molecule has 3 aromatic carbocycles. The number of rotatable bonds is 1. The third-order valence-corrected chi connectivity index (χ3v) is 4.37. The van der Waals surface area contributed by atoms with Gasteiger partial charge in [-0.1, -0.05) is 18.2 Å². The van der Waals surface area contributed by atoms with Gasteiger partial charge in [-0.3, -0.25) is 0 Å². The normalized spacial score (nSPS) is 11.4. The lowest BCUT2D eigenvalue weighted by Crippen LogP contribution is -2.25. The lowest BCUT2D eigenvalue weighted by molar-refractivity contribution is -0.670. The van der Waals surface area contributed by atoms with E-state index in [1.807, 2.05) is 0 Å². The molecule has 2 nitrogen and oxygen atoms in total. The third-order valence-electron chi connectivity index (χ3n) is 4.37. The average molecular weight is 287 g/mol. The van der Waals surface area contributed by atoms with Gasteiger partial charge in [-0.25, -0.2) is 4.57 Å². The zero-order valence-electron chi connectivity index (χ0n) is 13.2. The van der Waals surface area contributed by atoms with Gasteiger partial charge in [-0.2, -0.15) is 0 Å². The highest BCUT2D eigenvalue weighted by Gasteiger charge is 2.06. The van der Waals surface area contributed by atoms with Crippen molar-refractivity contribution >= 4 is 38.0 Å². The van der Waals surface area contributed by atoms with Crippen molar-refractivity contribution in [1.82, 2.24) is 0 Å². The Balaban J connectivity index is 2.07. The van der Waals surface area contributed by atoms with E-state index in [2.05, 4.69) is 91.5 Å². The van der Waals surface area contributed by atoms with Crippen molar-refractivity contribution in [3.63, 3.8) is 0 Å². The number of anilines is 1. The molecule has 0 saturated carbocycles. The van der Waals surface area contributed by atoms with Gasteiger partial charge in [0, 0.05) is 31.2 Å². The highest BCUT2D eigenvalue weighted by molar-refractivity contribution is 6.12. The van der Waals surface area contributed by atoms with Crippen molar-refractivity contribution in [3.05, 3.63) is 60.9 Å². The van der Waals surface area contributed by atoms with E-state index in [1.54, 1.807) is 0 Å². The highest BCUT2D eigenvalue weighted by Crippen LogP contribution is 2.30. The zero-order chi connectivity index (χ0) is 15.3. The number of fused-ring (bicyclic) bond motifs is 4. The van der Waals surface area contributed by atoms with Gasteiger partial charge < -0.3 is 4.90 Å². The monoisotopic (exact) mass is 287 g/mol. The predicted octanol–water partition coefficient (Wildman–Crippen LogP) is 4.04. The number of pyridine rings is 1. The molecule has 1 heterocycles. The summed E-state index contributed by atoms with van der Waals surface area (Å²) in [6.07, 6.45) is 4.28. The van der Waals surface area contributed by atoms with Crippen LogP contribution in [0.2, 0.25) is 0 Å². The molecule has 22 heavy (non-hydrogen) atoms. The quantitative estimate of drug-likeness (QED) is 0.291. The molecular formula is C20H19N2+. The summed E-state index contributed by atoms with van der Waals surface area (Å²) in [5, 5.41) is 7.79. The fraction of sp³-hybridized carbons (Fsp3) is 0.150. The maximum absolute atomic E-state index is 2.31. The van der Waals surface area contributed by atoms with Crippen LogP contribution in [0, 0.1) is 0 Å². The van der Waals surface area contributed by atoms with E-state index in [-0.39, 0.29) is 0 Å². The van der Waals surface area contributed by atoms with Gasteiger partial charge in [-0.05, 0) is 51.2 Å². The van der Waals surface area contributed by atoms with Crippen LogP contribution in [0.25, 0.3) is 32.3 Å². The first-order valence-corrected chi connectivity index (χ1v) is 7.55. The first-order valence-electron chi connectivity index (χ1n) is 7.55. The summed E-state index contributed by atoms with van der Waals surface area (Å²) in [5.74, 6) is 0. The Morgan fingerprint density at radius 3 is 2.27 bits per heavy atom. The minimum absolute atomic E-state index is 1.24. The second-order valence-corrected chi connectivity index (χ2v) is 6.18. The molecule has 0 radical (unpaired) electrons. The Kier molecular flexibility index (Phi) is 2.80. The van der Waals surface area contributed by atoms with Crippen molar-refractivity contribution < 1.29 is 4.57 Å². The third kappa shape index (κ3) is 2.00. The summed E-state index contributed by atoms with van der Waals surface area (Å²) >= 11 is 0. The Labute approximate surface area is 130 Å². The Morgan fingerprint density at radius 2 is 1.50 bits per heavy atom. The van der Waals surface area contributed by atoms with Gasteiger partial charge in [0.15, 0.2) is 12.4 Å². The van der Waals surface area contributed by atoms with E-state index >= 15 is 0 Å². The number of nitrogens with zero attached hydrogens (tertiary/aromatic N) is 2. The van der Waals surface area contributed by atoms with Crippen molar-refractivity contribution in [1.29, 1.82) is 0 Å². The molecule has 4 rings (SSSR count). The summed E-state index contributed by atoms with van der Waals surface area (Å²) in [6.45, 7) is 0. The molecule has 1 aromatic heterocycles. The summed E-state index contributed by atoms with van der Waals surface area (Å²) in [5.41, 5.74) is 1.24. The van der Waals surface area contributed by atoms with Gasteiger partial charge in [0.2, 0.25) is 0 Å². The van der Waals surface area contributed by atoms with Crippen LogP contribution in [-0.2, 0) is 7.05 Å². The second kappa shape index (κ2) is 4.70. The summed E-state index contributed by atoms with van der Waals surface area (Å²) in [6, 6.07) is 17.9. The molecule has 108 valence electrons. The van der Waals surface area contributed by atoms with Gasteiger partial charge in [0.25, 0.3) is 0 Å². The fourth-order valence-electron chi connectivity index (χ4n) is 3.13. The van der Waals surface area contributed by atoms with Gasteiger partial charge >= 0.3 is 0 Å². The molecule has 0 fully saturated rings. The lowest BCUT2D eigenvalue weighted by atomic mass is 9.98. The predicted molar refractivity (Wildman–Crippen MR) is 94.5 cm³/mol. The average Bonchev–Trinajstić information content (AvgIpc) is 2.52. The molecule has 0 saturated heterocycles. The fourth-order valence-corrected chi connectivity index (χ4v) is 3.13. The molecule has 0 amide bonds. The standard InChI is InChI=1S/C20H19N2/c1-21(2)18-6-7-19-16(11-18)5-4-15-10-17-13-22(3)9-8-14(17)12-20(15)19/h4-13H,1-3H3/q+1. The van der Waals surface area contributed by atoms with E-state index in [0.29, 0.717) is 0 Å². The zero-order valence-corrected chi connectivity index (χ0v) is 13.2. The van der Waals surface area contributed by atoms with E-state index in [4.69, 9.17) is 0 Å². The molecule has 0 unspecified atom stereocenters. The number of aryl methyl sites for hydroxylation is 1. The molecule has 0 bridgehead atoms. The SMILES string of the molecule is CN(C)c1ccc2c(ccc3cc4c[n+](C)ccc4cc32)c1. The van der Waals surface area contributed by atoms with Gasteiger partial charge in [0.1, 0.15) is 7.05 Å². The molecule has 0 spiro atoms. The van der Waals surface area contributed by atoms with Crippen LogP contribution in [0.15, 0.2) is 60.9 Å². The highest BCUT2D eigenvalue weighted by atomic mass is 15.1. The Morgan fingerprint density at radius 1 is 0.727 bits per heavy atom. The minimum atomic E-state index is 1.24. The topological polar surface area (TPSA) is 7.12 Å². The summed E-state index contributed by atoms with van der Waals surface area (Å²) < 4.78 is 2.10. The van der Waals surface area contributed by atoms with Crippen LogP contribution in [0.5, 0.6) is 0 Å². The molecule has 2 heteroatoms. The second-order valence-electron chi connectivity index (χ2n) is 6.18. The molecule has 0 aliphatic rings. The molecule has 0 N–H and O–H groups in total. The molecule has 4 aromatic rings. The van der Waals surface area contributed by atoms with E-state index < -0.39 is 0 Å². The van der Waals surface area contributed by atoms with E-state index in [0.717, 1.165) is 0 Å². The number of hydrogen-bond acceptors (Lipinski definition) is 1. The van der Waals surface area contributed by atoms with Crippen molar-refractivity contribution in [2.24, 2.45) is 7.05 Å². The number of aromatic nitrogens is 1. The molecule has 0 aliphatic carbocycles. The van der Waals surface area contributed by atoms with E-state index in [9.17, 15) is 0 Å². The maximum atomic E-state index is 2.31. The smallest absolute Gasteiger partial charge is 0.176 e. The van der Waals surface area contributed by atoms with Crippen LogP contribution in [-0.4, -0.2) is 14.1 Å².